The van der Waals surface area contributed by atoms with E-state index < -0.39 is 22.6 Å². The lowest BCUT2D eigenvalue weighted by atomic mass is 9.88. The zero-order valence-electron chi connectivity index (χ0n) is 14.1. The van der Waals surface area contributed by atoms with Crippen molar-refractivity contribution in [1.29, 1.82) is 0 Å². The van der Waals surface area contributed by atoms with Crippen molar-refractivity contribution in [3.8, 4) is 0 Å². The van der Waals surface area contributed by atoms with Crippen LogP contribution >= 0.6 is 11.8 Å². The number of carbonyl (C=O) groups is 1. The summed E-state index contributed by atoms with van der Waals surface area (Å²) in [6.07, 6.45) is -2.95. The van der Waals surface area contributed by atoms with Gasteiger partial charge in [0.15, 0.2) is 10.8 Å². The Balaban J connectivity index is 1.58. The maximum absolute atomic E-state index is 13.1. The number of nitrogens with one attached hydrogen (secondary N) is 1. The minimum absolute atomic E-state index is 0.0155. The van der Waals surface area contributed by atoms with Gasteiger partial charge in [-0.05, 0) is 44.9 Å². The van der Waals surface area contributed by atoms with Crippen LogP contribution in [0.4, 0.5) is 13.2 Å². The maximum atomic E-state index is 13.1. The number of thioether (sulfide) groups is 1. The van der Waals surface area contributed by atoms with Gasteiger partial charge in [-0.25, -0.2) is 0 Å². The summed E-state index contributed by atoms with van der Waals surface area (Å²) in [7, 11) is 0. The summed E-state index contributed by atoms with van der Waals surface area (Å²) in [5, 5.41) is 3.87. The molecule has 2 aliphatic heterocycles. The van der Waals surface area contributed by atoms with Gasteiger partial charge in [0.25, 0.3) is 5.91 Å². The third-order valence-electron chi connectivity index (χ3n) is 5.54. The highest BCUT2D eigenvalue weighted by Gasteiger charge is 2.72. The molecule has 3 aliphatic rings. The van der Waals surface area contributed by atoms with Gasteiger partial charge in [-0.15, -0.1) is 0 Å². The van der Waals surface area contributed by atoms with Crippen LogP contribution < -0.4 is 5.32 Å². The minimum Gasteiger partial charge on any atom is -0.362 e. The van der Waals surface area contributed by atoms with E-state index in [1.165, 1.54) is 11.8 Å². The molecule has 8 heteroatoms. The van der Waals surface area contributed by atoms with E-state index in [0.717, 1.165) is 0 Å². The van der Waals surface area contributed by atoms with Crippen molar-refractivity contribution in [2.45, 2.75) is 81.5 Å². The molecule has 1 saturated heterocycles. The van der Waals surface area contributed by atoms with Crippen LogP contribution in [0.2, 0.25) is 0 Å². The Morgan fingerprint density at radius 1 is 1.33 bits per heavy atom. The first-order chi connectivity index (χ1) is 11.1. The van der Waals surface area contributed by atoms with E-state index in [-0.39, 0.29) is 24.3 Å². The molecule has 136 valence electrons. The predicted molar refractivity (Wildman–Crippen MR) is 86.9 cm³/mol. The number of rotatable bonds is 2. The fraction of sp³-hybridized carbons (Fsp3) is 0.875. The number of ether oxygens (including phenoxy) is 1. The average molecular weight is 364 g/mol. The number of halogens is 3. The Hall–Kier alpha value is -0.760. The molecular formula is C16H23F3N2O2S. The monoisotopic (exact) mass is 364 g/mol. The Bertz CT molecular complexity index is 566. The minimum atomic E-state index is -4.28. The van der Waals surface area contributed by atoms with Crippen molar-refractivity contribution < 1.29 is 22.7 Å². The lowest BCUT2D eigenvalue weighted by molar-refractivity contribution is -0.186. The van der Waals surface area contributed by atoms with Crippen molar-refractivity contribution in [2.75, 3.05) is 0 Å². The van der Waals surface area contributed by atoms with Crippen molar-refractivity contribution in [1.82, 2.24) is 5.32 Å². The first-order valence-corrected chi connectivity index (χ1v) is 9.23. The topological polar surface area (TPSA) is 54.0 Å². The van der Waals surface area contributed by atoms with Crippen LogP contribution in [-0.2, 0) is 9.53 Å². The lowest BCUT2D eigenvalue weighted by Gasteiger charge is -2.26. The van der Waals surface area contributed by atoms with E-state index in [1.807, 2.05) is 20.8 Å². The van der Waals surface area contributed by atoms with Crippen LogP contribution in [0.3, 0.4) is 0 Å². The van der Waals surface area contributed by atoms with Crippen molar-refractivity contribution >= 4 is 22.8 Å². The van der Waals surface area contributed by atoms with Gasteiger partial charge in [-0.2, -0.15) is 18.2 Å². The summed E-state index contributed by atoms with van der Waals surface area (Å²) in [5.41, 5.74) is -1.90. The van der Waals surface area contributed by atoms with Crippen LogP contribution in [0.5, 0.6) is 0 Å². The normalized spacial score (nSPS) is 40.0. The molecule has 2 fully saturated rings. The van der Waals surface area contributed by atoms with Crippen LogP contribution in [-0.4, -0.2) is 39.7 Å². The second-order valence-electron chi connectivity index (χ2n) is 7.39. The zero-order chi connectivity index (χ0) is 17.8. The average Bonchev–Trinajstić information content (AvgIpc) is 3.06. The van der Waals surface area contributed by atoms with Crippen molar-refractivity contribution in [2.24, 2.45) is 10.9 Å². The van der Waals surface area contributed by atoms with Gasteiger partial charge in [-0.3, -0.25) is 4.79 Å². The molecule has 4 atom stereocenters. The summed E-state index contributed by atoms with van der Waals surface area (Å²) in [5.74, 6) is 0.0140. The molecule has 1 aliphatic carbocycles. The van der Waals surface area contributed by atoms with Gasteiger partial charge in [-0.1, -0.05) is 25.6 Å². The third kappa shape index (κ3) is 2.96. The summed E-state index contributed by atoms with van der Waals surface area (Å²) in [4.78, 5) is 16.2. The summed E-state index contributed by atoms with van der Waals surface area (Å²) < 4.78 is 43.8. The molecule has 4 unspecified atom stereocenters. The number of carbonyl (C=O) groups excluding carboxylic acids is 1. The second kappa shape index (κ2) is 5.90. The van der Waals surface area contributed by atoms with Crippen LogP contribution in [0.1, 0.15) is 52.9 Å². The molecule has 2 heterocycles. The van der Waals surface area contributed by atoms with Gasteiger partial charge < -0.3 is 10.1 Å². The van der Waals surface area contributed by atoms with Gasteiger partial charge in [0, 0.05) is 6.04 Å². The van der Waals surface area contributed by atoms with Gasteiger partial charge in [0.05, 0.1) is 6.10 Å². The Morgan fingerprint density at radius 3 is 2.62 bits per heavy atom. The number of hydrogen-bond donors (Lipinski definition) is 1. The number of alkyl halides is 3. The number of aliphatic imine (C=N–C) groups is 1. The smallest absolute Gasteiger partial charge is 0.362 e. The van der Waals surface area contributed by atoms with Crippen LogP contribution in [0.15, 0.2) is 4.99 Å². The molecular weight excluding hydrogens is 341 g/mol. The van der Waals surface area contributed by atoms with Crippen molar-refractivity contribution in [3.05, 3.63) is 0 Å². The Labute approximate surface area is 144 Å². The standard InChI is InChI=1S/C16H23F3N2O2S/c1-9(2)14(3)12(22)21-13(24-14)20-10-5-4-8-15(16(17,18)19)11(23-15)7-6-10/h9-11H,4-8H2,1-3H3,(H,20,21,22). The van der Waals surface area contributed by atoms with Crippen molar-refractivity contribution in [3.63, 3.8) is 0 Å². The lowest BCUT2D eigenvalue weighted by Crippen LogP contribution is -2.39. The quantitative estimate of drug-likeness (QED) is 0.760. The first kappa shape index (κ1) is 18.0. The largest absolute Gasteiger partial charge is 0.420 e. The van der Waals surface area contributed by atoms with E-state index >= 15 is 0 Å². The van der Waals surface area contributed by atoms with Gasteiger partial charge >= 0.3 is 6.18 Å². The first-order valence-electron chi connectivity index (χ1n) is 8.42. The summed E-state index contributed by atoms with van der Waals surface area (Å²) in [6, 6.07) is 0.0361. The maximum Gasteiger partial charge on any atom is 0.420 e. The van der Waals surface area contributed by atoms with Crippen LogP contribution in [0.25, 0.3) is 0 Å². The molecule has 0 spiro atoms. The molecule has 1 N–H and O–H groups in total. The third-order valence-corrected chi connectivity index (χ3v) is 7.01. The van der Waals surface area contributed by atoms with E-state index in [4.69, 9.17) is 4.74 Å². The fourth-order valence-corrected chi connectivity index (χ4v) is 4.57. The molecule has 0 radical (unpaired) electrons. The number of hydrogen-bond acceptors (Lipinski definition) is 4. The molecule has 24 heavy (non-hydrogen) atoms. The molecule has 1 amide bonds. The van der Waals surface area contributed by atoms with E-state index in [2.05, 4.69) is 10.3 Å². The summed E-state index contributed by atoms with van der Waals surface area (Å²) >= 11 is 1.43. The molecule has 4 nitrogen and oxygen atoms in total. The van der Waals surface area contributed by atoms with Gasteiger partial charge in [0.1, 0.15) is 4.75 Å². The number of nitrogens with zero attached hydrogens (tertiary/aromatic N) is 1. The van der Waals surface area contributed by atoms with E-state index in [0.29, 0.717) is 30.9 Å². The second-order valence-corrected chi connectivity index (χ2v) is 8.83. The molecule has 1 saturated carbocycles. The molecule has 0 bridgehead atoms. The number of amides is 1. The van der Waals surface area contributed by atoms with E-state index in [1.54, 1.807) is 0 Å². The number of epoxide rings is 1. The Kier molecular flexibility index (Phi) is 4.44. The zero-order valence-corrected chi connectivity index (χ0v) is 14.9. The molecule has 0 aromatic heterocycles. The molecule has 0 aromatic carbocycles. The highest BCUT2D eigenvalue weighted by molar-refractivity contribution is 8.16. The highest BCUT2D eigenvalue weighted by atomic mass is 32.2. The summed E-state index contributed by atoms with van der Waals surface area (Å²) in [6.45, 7) is 5.86. The van der Waals surface area contributed by atoms with E-state index in [9.17, 15) is 18.0 Å². The SMILES string of the molecule is CC(C)C1(C)SC(NC2CCCC3(C(F)(F)F)OC3CC2)=NC1=O. The van der Waals surface area contributed by atoms with Crippen LogP contribution in [0, 0.1) is 5.92 Å². The number of amidine groups is 1. The highest BCUT2D eigenvalue weighted by Crippen LogP contribution is 2.55. The Morgan fingerprint density at radius 2 is 2.04 bits per heavy atom. The molecule has 0 aromatic rings. The van der Waals surface area contributed by atoms with Gasteiger partial charge in [0.2, 0.25) is 0 Å². The predicted octanol–water partition coefficient (Wildman–Crippen LogP) is 3.65. The molecule has 3 rings (SSSR count). The fourth-order valence-electron chi connectivity index (χ4n) is 3.45. The number of fused-ring (bicyclic) bond motifs is 1.